The number of phenols is 1. The van der Waals surface area contributed by atoms with Gasteiger partial charge in [0.15, 0.2) is 5.37 Å². The van der Waals surface area contributed by atoms with Gasteiger partial charge in [0.25, 0.3) is 0 Å². The molecule has 0 amide bonds. The average Bonchev–Trinajstić information content (AvgIpc) is 2.64. The number of hydrogen-bond donors (Lipinski definition) is 2. The summed E-state index contributed by atoms with van der Waals surface area (Å²) in [7, 11) is 1.53. The van der Waals surface area contributed by atoms with Crippen molar-refractivity contribution in [3.05, 3.63) is 23.8 Å². The minimum atomic E-state index is -1.08. The van der Waals surface area contributed by atoms with Crippen LogP contribution in [0.5, 0.6) is 11.5 Å². The molecule has 3 N–H and O–H groups in total. The van der Waals surface area contributed by atoms with Gasteiger partial charge in [-0.25, -0.2) is 0 Å². The van der Waals surface area contributed by atoms with E-state index in [4.69, 9.17) is 4.74 Å². The molecule has 0 bridgehead atoms. The number of thioether (sulfide) groups is 1. The van der Waals surface area contributed by atoms with E-state index in [1.807, 2.05) is 13.8 Å². The number of ether oxygens (including phenoxy) is 1. The van der Waals surface area contributed by atoms with Crippen LogP contribution in [0.4, 0.5) is 0 Å². The Morgan fingerprint density at radius 2 is 2.21 bits per heavy atom. The molecule has 0 spiro atoms. The van der Waals surface area contributed by atoms with E-state index < -0.39 is 16.8 Å². The Balaban J connectivity index is 2.27. The van der Waals surface area contributed by atoms with E-state index >= 15 is 0 Å². The summed E-state index contributed by atoms with van der Waals surface area (Å²) in [4.78, 5) is 11.1. The molecule has 104 valence electrons. The molecule has 1 aromatic carbocycles. The Morgan fingerprint density at radius 1 is 1.53 bits per heavy atom. The van der Waals surface area contributed by atoms with Crippen molar-refractivity contribution in [1.82, 2.24) is 0 Å². The Bertz CT molecular complexity index is 503. The smallest absolute Gasteiger partial charge is 0.163 e. The zero-order valence-electron chi connectivity index (χ0n) is 11.0. The van der Waals surface area contributed by atoms with Crippen LogP contribution in [0.1, 0.15) is 24.8 Å². The molecule has 2 rings (SSSR count). The summed E-state index contributed by atoms with van der Waals surface area (Å²) in [5.41, 5.74) is 0.697. The van der Waals surface area contributed by atoms with E-state index in [9.17, 15) is 15.0 Å². The predicted octanol–water partition coefficient (Wildman–Crippen LogP) is -0.393. The Hall–Kier alpha value is -1.40. The number of carbonyl (C=O) groups is 1. The number of benzene rings is 1. The molecule has 19 heavy (non-hydrogen) atoms. The number of nitrogens with two attached hydrogens (primary N) is 1. The van der Waals surface area contributed by atoms with Crippen molar-refractivity contribution in [3.8, 4) is 11.5 Å². The molecule has 1 aliphatic heterocycles. The van der Waals surface area contributed by atoms with Gasteiger partial charge in [0.1, 0.15) is 23.5 Å². The fraction of sp³-hybridized carbons (Fsp3) is 0.462. The number of hydrogen-bond acceptors (Lipinski definition) is 5. The van der Waals surface area contributed by atoms with Crippen LogP contribution in [0.2, 0.25) is 0 Å². The van der Waals surface area contributed by atoms with Crippen LogP contribution in [0, 0.1) is 0 Å². The molecular formula is C13H17NO4S. The third-order valence-corrected chi connectivity index (χ3v) is 4.87. The highest BCUT2D eigenvalue weighted by Crippen LogP contribution is 2.43. The SMILES string of the molecule is COc1ccc([C@@H]2[NH2+][C@@H](C(=O)[O-])C(C)(C)S2)c(O)c1. The van der Waals surface area contributed by atoms with Crippen LogP contribution in [0.15, 0.2) is 18.2 Å². The van der Waals surface area contributed by atoms with E-state index in [2.05, 4.69) is 0 Å². The maximum absolute atomic E-state index is 11.1. The second kappa shape index (κ2) is 4.94. The molecule has 1 saturated heterocycles. The number of rotatable bonds is 3. The molecule has 0 saturated carbocycles. The molecule has 6 heteroatoms. The van der Waals surface area contributed by atoms with Crippen LogP contribution in [0.3, 0.4) is 0 Å². The second-order valence-electron chi connectivity index (χ2n) is 5.06. The standard InChI is InChI=1S/C13H17NO4S/c1-13(2)10(12(16)17)14-11(19-13)8-5-4-7(18-3)6-9(8)15/h4-6,10-11,14-15H,1-3H3,(H,16,17)/t10-,11+/m0/s1. The van der Waals surface area contributed by atoms with Crippen molar-refractivity contribution in [2.45, 2.75) is 30.0 Å². The number of quaternary nitrogens is 1. The first kappa shape index (κ1) is 14.0. The molecule has 1 fully saturated rings. The van der Waals surface area contributed by atoms with Crippen molar-refractivity contribution >= 4 is 17.7 Å². The number of aliphatic carboxylic acids is 1. The normalized spacial score (nSPS) is 25.2. The lowest BCUT2D eigenvalue weighted by Gasteiger charge is -2.21. The van der Waals surface area contributed by atoms with E-state index in [0.29, 0.717) is 11.3 Å². The van der Waals surface area contributed by atoms with Gasteiger partial charge in [-0.2, -0.15) is 0 Å². The first-order valence-corrected chi connectivity index (χ1v) is 6.83. The summed E-state index contributed by atoms with van der Waals surface area (Å²) in [6, 6.07) is 4.41. The van der Waals surface area contributed by atoms with Gasteiger partial charge in [0, 0.05) is 6.07 Å². The molecule has 0 radical (unpaired) electrons. The summed E-state index contributed by atoms with van der Waals surface area (Å²) in [6.07, 6.45) is 0. The highest BCUT2D eigenvalue weighted by atomic mass is 32.2. The summed E-state index contributed by atoms with van der Waals surface area (Å²) in [5, 5.41) is 22.7. The molecular weight excluding hydrogens is 266 g/mol. The minimum absolute atomic E-state index is 0.114. The van der Waals surface area contributed by atoms with Crippen LogP contribution in [-0.4, -0.2) is 29.0 Å². The van der Waals surface area contributed by atoms with Gasteiger partial charge in [-0.3, -0.25) is 0 Å². The molecule has 0 unspecified atom stereocenters. The summed E-state index contributed by atoms with van der Waals surface area (Å²) < 4.78 is 4.58. The van der Waals surface area contributed by atoms with Crippen LogP contribution in [0.25, 0.3) is 0 Å². The van der Waals surface area contributed by atoms with Gasteiger partial charge < -0.3 is 25.1 Å². The van der Waals surface area contributed by atoms with Crippen molar-refractivity contribution in [3.63, 3.8) is 0 Å². The maximum atomic E-state index is 11.1. The van der Waals surface area contributed by atoms with Gasteiger partial charge >= 0.3 is 0 Å². The third kappa shape index (κ3) is 2.64. The first-order chi connectivity index (χ1) is 8.85. The van der Waals surface area contributed by atoms with Crippen LogP contribution < -0.4 is 15.2 Å². The Morgan fingerprint density at radius 3 is 2.68 bits per heavy atom. The highest BCUT2D eigenvalue weighted by molar-refractivity contribution is 8.00. The van der Waals surface area contributed by atoms with Crippen molar-refractivity contribution in [2.24, 2.45) is 0 Å². The number of carboxylic acids is 1. The molecule has 5 nitrogen and oxygen atoms in total. The Kier molecular flexibility index (Phi) is 3.64. The van der Waals surface area contributed by atoms with Crippen LogP contribution >= 0.6 is 11.8 Å². The molecule has 1 aromatic rings. The van der Waals surface area contributed by atoms with Gasteiger partial charge in [-0.05, 0) is 26.0 Å². The lowest BCUT2D eigenvalue weighted by atomic mass is 10.0. The summed E-state index contributed by atoms with van der Waals surface area (Å²) in [5.74, 6) is -0.393. The molecule has 1 aliphatic rings. The molecule has 1 heterocycles. The van der Waals surface area contributed by atoms with Crippen molar-refractivity contribution in [2.75, 3.05) is 7.11 Å². The minimum Gasteiger partial charge on any atom is -0.544 e. The molecule has 0 aliphatic carbocycles. The number of phenolic OH excluding ortho intramolecular Hbond substituents is 1. The fourth-order valence-corrected chi connectivity index (χ4v) is 3.80. The van der Waals surface area contributed by atoms with Crippen LogP contribution in [-0.2, 0) is 4.79 Å². The summed E-state index contributed by atoms with van der Waals surface area (Å²) >= 11 is 1.51. The highest BCUT2D eigenvalue weighted by Gasteiger charge is 2.47. The van der Waals surface area contributed by atoms with Crippen molar-refractivity contribution < 1.29 is 25.1 Å². The summed E-state index contributed by atoms with van der Waals surface area (Å²) in [6.45, 7) is 3.74. The fourth-order valence-electron chi connectivity index (χ4n) is 2.27. The average molecular weight is 283 g/mol. The quantitative estimate of drug-likeness (QED) is 0.789. The first-order valence-electron chi connectivity index (χ1n) is 5.95. The monoisotopic (exact) mass is 283 g/mol. The van der Waals surface area contributed by atoms with E-state index in [1.165, 1.54) is 24.9 Å². The predicted molar refractivity (Wildman–Crippen MR) is 69.8 cm³/mol. The number of aromatic hydroxyl groups is 1. The maximum Gasteiger partial charge on any atom is 0.163 e. The second-order valence-corrected chi connectivity index (χ2v) is 6.85. The van der Waals surface area contributed by atoms with Gasteiger partial charge in [-0.15, -0.1) is 0 Å². The lowest BCUT2D eigenvalue weighted by Crippen LogP contribution is -2.92. The van der Waals surface area contributed by atoms with E-state index in [-0.39, 0.29) is 11.1 Å². The lowest BCUT2D eigenvalue weighted by molar-refractivity contribution is -0.695. The van der Waals surface area contributed by atoms with Gasteiger partial charge in [-0.1, -0.05) is 11.8 Å². The van der Waals surface area contributed by atoms with Crippen molar-refractivity contribution in [1.29, 1.82) is 0 Å². The molecule has 2 atom stereocenters. The Labute approximate surface area is 116 Å². The topological polar surface area (TPSA) is 86.2 Å². The number of carbonyl (C=O) groups excluding carboxylic acids is 1. The zero-order valence-corrected chi connectivity index (χ0v) is 11.9. The number of methoxy groups -OCH3 is 1. The number of carboxylic acid groups (broad SMARTS) is 1. The molecule has 0 aromatic heterocycles. The zero-order chi connectivity index (χ0) is 14.2. The third-order valence-electron chi connectivity index (χ3n) is 3.34. The van der Waals surface area contributed by atoms with Gasteiger partial charge in [0.05, 0.1) is 17.4 Å². The largest absolute Gasteiger partial charge is 0.544 e. The van der Waals surface area contributed by atoms with E-state index in [0.717, 1.165) is 0 Å². The van der Waals surface area contributed by atoms with E-state index in [1.54, 1.807) is 17.4 Å². The van der Waals surface area contributed by atoms with Gasteiger partial charge in [0.2, 0.25) is 0 Å².